The number of rotatable bonds is 3. The highest BCUT2D eigenvalue weighted by atomic mass is 19.4. The van der Waals surface area contributed by atoms with Crippen LogP contribution in [0.25, 0.3) is 11.4 Å². The molecule has 1 saturated heterocycles. The lowest BCUT2D eigenvalue weighted by molar-refractivity contribution is -0.137. The monoisotopic (exact) mass is 461 g/mol. The van der Waals surface area contributed by atoms with E-state index in [-0.39, 0.29) is 23.1 Å². The standard InChI is InChI=1S/C21H22F3N7O2/c1-11-6-14-9-20(8-11,18-28-27-12(2)33-18)31(14)19(32)26-13-4-5-16(21(22,23)24)15(7-13)17-25-10-30(3)29-17/h4-5,7,10-11,14H,6,8-9H2,1-3H3,(H,26,32)/t11-,14-,20+/m1/s1. The van der Waals surface area contributed by atoms with Gasteiger partial charge in [-0.15, -0.1) is 10.2 Å². The van der Waals surface area contributed by atoms with Gasteiger partial charge in [-0.05, 0) is 37.0 Å². The van der Waals surface area contributed by atoms with Crippen LogP contribution >= 0.6 is 0 Å². The molecule has 1 aliphatic carbocycles. The molecule has 1 aromatic carbocycles. The Labute approximate surface area is 187 Å². The maximum absolute atomic E-state index is 13.6. The van der Waals surface area contributed by atoms with Crippen molar-refractivity contribution in [3.05, 3.63) is 41.9 Å². The number of likely N-dealkylation sites (tertiary alicyclic amines) is 1. The fraction of sp³-hybridized carbons (Fsp3) is 0.476. The van der Waals surface area contributed by atoms with E-state index >= 15 is 0 Å². The van der Waals surface area contributed by atoms with Gasteiger partial charge in [-0.1, -0.05) is 6.92 Å². The van der Waals surface area contributed by atoms with Crippen molar-refractivity contribution in [2.75, 3.05) is 5.32 Å². The van der Waals surface area contributed by atoms with Crippen molar-refractivity contribution >= 4 is 11.7 Å². The Morgan fingerprint density at radius 1 is 1.27 bits per heavy atom. The number of carbonyl (C=O) groups excluding carboxylic acids is 1. The van der Waals surface area contributed by atoms with Gasteiger partial charge in [-0.2, -0.15) is 18.3 Å². The summed E-state index contributed by atoms with van der Waals surface area (Å²) in [6, 6.07) is 2.98. The number of hydrogen-bond donors (Lipinski definition) is 1. The van der Waals surface area contributed by atoms with Crippen LogP contribution < -0.4 is 5.32 Å². The molecule has 2 aliphatic rings. The van der Waals surface area contributed by atoms with Gasteiger partial charge in [0.1, 0.15) is 11.9 Å². The van der Waals surface area contributed by atoms with E-state index in [1.807, 2.05) is 0 Å². The minimum atomic E-state index is -4.60. The molecule has 3 atom stereocenters. The van der Waals surface area contributed by atoms with E-state index in [0.29, 0.717) is 30.5 Å². The third kappa shape index (κ3) is 3.53. The zero-order valence-electron chi connectivity index (χ0n) is 18.2. The molecule has 0 spiro atoms. The van der Waals surface area contributed by atoms with Crippen LogP contribution in [0.2, 0.25) is 0 Å². The summed E-state index contributed by atoms with van der Waals surface area (Å²) in [5.74, 6) is 1.10. The molecule has 1 aliphatic heterocycles. The van der Waals surface area contributed by atoms with Crippen LogP contribution in [0, 0.1) is 12.8 Å². The van der Waals surface area contributed by atoms with Crippen molar-refractivity contribution in [3.8, 4) is 11.4 Å². The predicted molar refractivity (Wildman–Crippen MR) is 110 cm³/mol. The van der Waals surface area contributed by atoms with E-state index in [1.54, 1.807) is 18.9 Å². The summed E-state index contributed by atoms with van der Waals surface area (Å²) in [6.07, 6.45) is -1.06. The SMILES string of the molecule is Cc1nnc([C@]23C[C@H](C)C[C@H](C2)N3C(=O)Nc2ccc(C(F)(F)F)c(-c3ncn(C)n3)c2)o1. The topological polar surface area (TPSA) is 102 Å². The number of nitrogens with zero attached hydrogens (tertiary/aromatic N) is 6. The average molecular weight is 461 g/mol. The van der Waals surface area contributed by atoms with Gasteiger partial charge in [0, 0.05) is 37.7 Å². The number of carbonyl (C=O) groups is 1. The predicted octanol–water partition coefficient (Wildman–Crippen LogP) is 4.12. The number of hydrogen-bond acceptors (Lipinski definition) is 6. The van der Waals surface area contributed by atoms with Gasteiger partial charge in [0.05, 0.1) is 5.56 Å². The second-order valence-electron chi connectivity index (χ2n) is 8.86. The summed E-state index contributed by atoms with van der Waals surface area (Å²) in [6.45, 7) is 3.80. The molecular formula is C21H22F3N7O2. The molecule has 0 unspecified atom stereocenters. The molecule has 2 amide bonds. The first kappa shape index (κ1) is 21.4. The molecule has 1 N–H and O–H groups in total. The van der Waals surface area contributed by atoms with E-state index in [9.17, 15) is 18.0 Å². The van der Waals surface area contributed by atoms with E-state index in [4.69, 9.17) is 4.42 Å². The molecule has 12 heteroatoms. The third-order valence-corrected chi connectivity index (χ3v) is 6.32. The molecule has 3 aromatic rings. The lowest BCUT2D eigenvalue weighted by Gasteiger charge is -2.61. The maximum Gasteiger partial charge on any atom is 0.417 e. The number of aryl methyl sites for hydroxylation is 2. The van der Waals surface area contributed by atoms with E-state index < -0.39 is 23.3 Å². The van der Waals surface area contributed by atoms with Gasteiger partial charge in [-0.25, -0.2) is 9.78 Å². The average Bonchev–Trinajstić information content (AvgIpc) is 3.35. The minimum Gasteiger partial charge on any atom is -0.423 e. The Balaban J connectivity index is 1.46. The molecule has 2 bridgehead atoms. The summed E-state index contributed by atoms with van der Waals surface area (Å²) in [4.78, 5) is 18.9. The minimum absolute atomic E-state index is 0.00710. The van der Waals surface area contributed by atoms with Crippen molar-refractivity contribution in [1.82, 2.24) is 29.9 Å². The quantitative estimate of drug-likeness (QED) is 0.630. The van der Waals surface area contributed by atoms with Gasteiger partial charge in [0.25, 0.3) is 0 Å². The molecule has 33 heavy (non-hydrogen) atoms. The highest BCUT2D eigenvalue weighted by Crippen LogP contribution is 2.55. The van der Waals surface area contributed by atoms with Crippen molar-refractivity contribution in [2.45, 2.75) is 50.9 Å². The fourth-order valence-electron chi connectivity index (χ4n) is 5.13. The Kier molecular flexibility index (Phi) is 4.73. The van der Waals surface area contributed by atoms with E-state index in [1.165, 1.54) is 23.1 Å². The number of nitrogens with one attached hydrogen (secondary N) is 1. The number of fused-ring (bicyclic) bond motifs is 2. The first-order valence-corrected chi connectivity index (χ1v) is 10.5. The summed E-state index contributed by atoms with van der Waals surface area (Å²) in [5, 5.41) is 14.8. The van der Waals surface area contributed by atoms with Crippen molar-refractivity contribution in [2.24, 2.45) is 13.0 Å². The molecule has 9 nitrogen and oxygen atoms in total. The number of benzene rings is 1. The van der Waals surface area contributed by atoms with E-state index in [0.717, 1.165) is 12.5 Å². The Morgan fingerprint density at radius 2 is 2.06 bits per heavy atom. The van der Waals surface area contributed by atoms with Crippen LogP contribution in [0.15, 0.2) is 28.9 Å². The number of anilines is 1. The Morgan fingerprint density at radius 3 is 2.70 bits per heavy atom. The number of piperidine rings is 1. The normalized spacial score (nSPS) is 24.5. The van der Waals surface area contributed by atoms with Crippen molar-refractivity contribution in [3.63, 3.8) is 0 Å². The Bertz CT molecular complexity index is 1220. The van der Waals surface area contributed by atoms with Crippen molar-refractivity contribution in [1.29, 1.82) is 0 Å². The summed E-state index contributed by atoms with van der Waals surface area (Å²) >= 11 is 0. The van der Waals surface area contributed by atoms with Crippen LogP contribution in [0.1, 0.15) is 43.5 Å². The molecule has 1 saturated carbocycles. The number of halogens is 3. The largest absolute Gasteiger partial charge is 0.423 e. The summed E-state index contributed by atoms with van der Waals surface area (Å²) < 4.78 is 47.7. The maximum atomic E-state index is 13.6. The van der Waals surface area contributed by atoms with Crippen molar-refractivity contribution < 1.29 is 22.4 Å². The molecule has 5 rings (SSSR count). The zero-order chi connectivity index (χ0) is 23.5. The van der Waals surface area contributed by atoms with Crippen LogP contribution in [-0.2, 0) is 18.8 Å². The van der Waals surface area contributed by atoms with E-state index in [2.05, 4.69) is 32.5 Å². The van der Waals surface area contributed by atoms with Gasteiger partial charge < -0.3 is 14.6 Å². The zero-order valence-corrected chi connectivity index (χ0v) is 18.2. The van der Waals surface area contributed by atoms with Crippen LogP contribution in [0.3, 0.4) is 0 Å². The van der Waals surface area contributed by atoms with Crippen LogP contribution in [0.5, 0.6) is 0 Å². The molecule has 0 radical (unpaired) electrons. The Hall–Kier alpha value is -3.44. The first-order chi connectivity index (χ1) is 15.6. The molecule has 2 fully saturated rings. The van der Waals surface area contributed by atoms with Gasteiger partial charge >= 0.3 is 12.2 Å². The number of amides is 2. The van der Waals surface area contributed by atoms with Gasteiger partial charge in [0.2, 0.25) is 11.8 Å². The first-order valence-electron chi connectivity index (χ1n) is 10.5. The molecule has 174 valence electrons. The van der Waals surface area contributed by atoms with Gasteiger partial charge in [0.15, 0.2) is 5.82 Å². The molecular weight excluding hydrogens is 439 g/mol. The number of urea groups is 1. The van der Waals surface area contributed by atoms with Crippen LogP contribution in [0.4, 0.5) is 23.7 Å². The third-order valence-electron chi connectivity index (χ3n) is 6.32. The summed E-state index contributed by atoms with van der Waals surface area (Å²) in [5.41, 5.74) is -1.57. The molecule has 2 aromatic heterocycles. The number of aromatic nitrogens is 5. The van der Waals surface area contributed by atoms with Crippen LogP contribution in [-0.4, -0.2) is 41.9 Å². The second kappa shape index (κ2) is 7.29. The molecule has 3 heterocycles. The lowest BCUT2D eigenvalue weighted by atomic mass is 9.64. The second-order valence-corrected chi connectivity index (χ2v) is 8.86. The fourth-order valence-corrected chi connectivity index (χ4v) is 5.13. The smallest absolute Gasteiger partial charge is 0.417 e. The highest BCUT2D eigenvalue weighted by molar-refractivity contribution is 5.92. The summed E-state index contributed by atoms with van der Waals surface area (Å²) in [7, 11) is 1.57. The van der Waals surface area contributed by atoms with Gasteiger partial charge in [-0.3, -0.25) is 4.68 Å². The lowest BCUT2D eigenvalue weighted by Crippen LogP contribution is -2.70. The number of alkyl halides is 3. The highest BCUT2D eigenvalue weighted by Gasteiger charge is 2.62.